The molecule has 0 aliphatic carbocycles. The van der Waals surface area contributed by atoms with Crippen LogP contribution in [-0.2, 0) is 11.0 Å². The predicted octanol–water partition coefficient (Wildman–Crippen LogP) is 2.99. The Hall–Kier alpha value is -1.79. The molecule has 0 fully saturated rings. The van der Waals surface area contributed by atoms with E-state index in [1.54, 1.807) is 0 Å². The molecule has 0 spiro atoms. The summed E-state index contributed by atoms with van der Waals surface area (Å²) in [5.41, 5.74) is -1.09. The van der Waals surface area contributed by atoms with Crippen LogP contribution >= 0.6 is 24.0 Å². The van der Waals surface area contributed by atoms with E-state index in [-0.39, 0.29) is 42.0 Å². The lowest BCUT2D eigenvalue weighted by Crippen LogP contribution is -2.43. The first-order valence-electron chi connectivity index (χ1n) is 9.11. The molecule has 7 nitrogen and oxygen atoms in total. The fourth-order valence-corrected chi connectivity index (χ4v) is 2.13. The third kappa shape index (κ3) is 12.4. The van der Waals surface area contributed by atoms with E-state index < -0.39 is 11.7 Å². The Labute approximate surface area is 186 Å². The van der Waals surface area contributed by atoms with E-state index in [1.165, 1.54) is 6.07 Å². The largest absolute Gasteiger partial charge is 0.417 e. The fourth-order valence-electron chi connectivity index (χ4n) is 2.13. The van der Waals surface area contributed by atoms with Crippen LogP contribution in [0.25, 0.3) is 0 Å². The van der Waals surface area contributed by atoms with E-state index in [0.717, 1.165) is 12.3 Å². The number of carbonyl (C=O) groups is 1. The molecule has 0 unspecified atom stereocenters. The normalized spacial score (nSPS) is 12.0. The first kappa shape index (κ1) is 27.2. The number of rotatable bonds is 8. The molecule has 0 atom stereocenters. The third-order valence-corrected chi connectivity index (χ3v) is 3.28. The molecule has 0 saturated carbocycles. The molecule has 166 valence electrons. The Bertz CT molecular complexity index is 644. The van der Waals surface area contributed by atoms with Gasteiger partial charge >= 0.3 is 6.18 Å². The van der Waals surface area contributed by atoms with Gasteiger partial charge in [0.2, 0.25) is 5.91 Å². The number of carbonyl (C=O) groups excluding carboxylic acids is 1. The Morgan fingerprint density at radius 2 is 1.83 bits per heavy atom. The number of aromatic nitrogens is 1. The lowest BCUT2D eigenvalue weighted by Gasteiger charge is -2.20. The Morgan fingerprint density at radius 1 is 1.14 bits per heavy atom. The second kappa shape index (κ2) is 12.7. The van der Waals surface area contributed by atoms with Gasteiger partial charge in [-0.15, -0.1) is 24.0 Å². The van der Waals surface area contributed by atoms with Crippen LogP contribution < -0.4 is 21.3 Å². The second-order valence-corrected chi connectivity index (χ2v) is 7.13. The van der Waals surface area contributed by atoms with Gasteiger partial charge in [0.05, 0.1) is 5.56 Å². The molecule has 0 aliphatic rings. The molecule has 1 aromatic rings. The van der Waals surface area contributed by atoms with Crippen LogP contribution in [0.15, 0.2) is 23.3 Å². The van der Waals surface area contributed by atoms with Crippen molar-refractivity contribution in [3.63, 3.8) is 0 Å². The summed E-state index contributed by atoms with van der Waals surface area (Å²) in [7, 11) is 0. The number of aliphatic imine (C=N–C) groups is 1. The zero-order valence-corrected chi connectivity index (χ0v) is 19.4. The van der Waals surface area contributed by atoms with Gasteiger partial charge in [-0.2, -0.15) is 13.2 Å². The molecule has 0 saturated heterocycles. The summed E-state index contributed by atoms with van der Waals surface area (Å²) in [5.74, 6) is 0.742. The molecule has 0 radical (unpaired) electrons. The van der Waals surface area contributed by atoms with Crippen LogP contribution in [-0.4, -0.2) is 48.6 Å². The molecular formula is C18H30F3IN6O. The first-order chi connectivity index (χ1) is 13.0. The monoisotopic (exact) mass is 530 g/mol. The topological polar surface area (TPSA) is 90.4 Å². The predicted molar refractivity (Wildman–Crippen MR) is 120 cm³/mol. The summed E-state index contributed by atoms with van der Waals surface area (Å²) in [6.45, 7) is 9.38. The minimum atomic E-state index is -4.39. The number of pyridine rings is 1. The maximum Gasteiger partial charge on any atom is 0.417 e. The van der Waals surface area contributed by atoms with Gasteiger partial charge < -0.3 is 21.3 Å². The highest BCUT2D eigenvalue weighted by molar-refractivity contribution is 14.0. The van der Waals surface area contributed by atoms with Crippen LogP contribution in [0.5, 0.6) is 0 Å². The van der Waals surface area contributed by atoms with E-state index in [1.807, 2.05) is 27.7 Å². The number of nitrogens with one attached hydrogen (secondary N) is 4. The van der Waals surface area contributed by atoms with Crippen molar-refractivity contribution in [1.82, 2.24) is 20.9 Å². The van der Waals surface area contributed by atoms with Gasteiger partial charge in [0.25, 0.3) is 0 Å². The average molecular weight is 530 g/mol. The lowest BCUT2D eigenvalue weighted by atomic mass is 10.1. The Kier molecular flexibility index (Phi) is 11.9. The standard InChI is InChI=1S/C18H29F3N6O.HI/c1-5-22-16(26-12-15(28)27-17(2,3)4)24-10-6-9-23-14-8-7-13(11-25-14)18(19,20)21;/h7-8,11H,5-6,9-10,12H2,1-4H3,(H,23,25)(H,27,28)(H2,22,24,26);1H. The number of guanidine groups is 1. The highest BCUT2D eigenvalue weighted by atomic mass is 127. The Balaban J connectivity index is 0.00000784. The lowest BCUT2D eigenvalue weighted by molar-refractivity contribution is -0.137. The minimum absolute atomic E-state index is 0. The van der Waals surface area contributed by atoms with Gasteiger partial charge in [-0.3, -0.25) is 4.79 Å². The van der Waals surface area contributed by atoms with Crippen molar-refractivity contribution >= 4 is 41.7 Å². The van der Waals surface area contributed by atoms with Crippen molar-refractivity contribution in [2.75, 3.05) is 31.5 Å². The average Bonchev–Trinajstić information content (AvgIpc) is 2.57. The number of hydrogen-bond acceptors (Lipinski definition) is 4. The third-order valence-electron chi connectivity index (χ3n) is 3.28. The molecule has 1 aromatic heterocycles. The van der Waals surface area contributed by atoms with E-state index in [2.05, 4.69) is 31.2 Å². The van der Waals surface area contributed by atoms with Crippen molar-refractivity contribution < 1.29 is 18.0 Å². The van der Waals surface area contributed by atoms with E-state index >= 15 is 0 Å². The van der Waals surface area contributed by atoms with Gasteiger partial charge in [-0.25, -0.2) is 9.98 Å². The van der Waals surface area contributed by atoms with Crippen molar-refractivity contribution in [1.29, 1.82) is 0 Å². The molecule has 4 N–H and O–H groups in total. The van der Waals surface area contributed by atoms with E-state index in [4.69, 9.17) is 0 Å². The van der Waals surface area contributed by atoms with Gasteiger partial charge in [-0.05, 0) is 46.2 Å². The quantitative estimate of drug-likeness (QED) is 0.180. The molecule has 0 bridgehead atoms. The molecule has 1 heterocycles. The zero-order chi connectivity index (χ0) is 21.2. The molecule has 0 aliphatic heterocycles. The van der Waals surface area contributed by atoms with Crippen LogP contribution in [0.3, 0.4) is 0 Å². The summed E-state index contributed by atoms with van der Waals surface area (Å²) in [5, 5.41) is 12.0. The molecular weight excluding hydrogens is 500 g/mol. The number of amides is 1. The molecule has 0 aromatic carbocycles. The van der Waals surface area contributed by atoms with Crippen molar-refractivity contribution in [2.24, 2.45) is 4.99 Å². The number of halogens is 4. The smallest absolute Gasteiger partial charge is 0.370 e. The molecule has 29 heavy (non-hydrogen) atoms. The van der Waals surface area contributed by atoms with Crippen LogP contribution in [0.1, 0.15) is 39.7 Å². The van der Waals surface area contributed by atoms with Gasteiger partial charge in [0.15, 0.2) is 5.96 Å². The number of alkyl halides is 3. The minimum Gasteiger partial charge on any atom is -0.370 e. The van der Waals surface area contributed by atoms with Crippen LogP contribution in [0.2, 0.25) is 0 Å². The number of anilines is 1. The summed E-state index contributed by atoms with van der Waals surface area (Å²) in [6, 6.07) is 2.29. The molecule has 1 rings (SSSR count). The van der Waals surface area contributed by atoms with E-state index in [9.17, 15) is 18.0 Å². The van der Waals surface area contributed by atoms with Crippen molar-refractivity contribution in [3.8, 4) is 0 Å². The summed E-state index contributed by atoms with van der Waals surface area (Å²) >= 11 is 0. The molecule has 11 heteroatoms. The summed E-state index contributed by atoms with van der Waals surface area (Å²) in [6.07, 6.45) is -2.90. The summed E-state index contributed by atoms with van der Waals surface area (Å²) in [4.78, 5) is 19.8. The van der Waals surface area contributed by atoms with Gasteiger partial charge in [0, 0.05) is 31.4 Å². The highest BCUT2D eigenvalue weighted by Gasteiger charge is 2.30. The van der Waals surface area contributed by atoms with E-state index in [0.29, 0.717) is 37.8 Å². The number of nitrogens with zero attached hydrogens (tertiary/aromatic N) is 2. The SMILES string of the molecule is CCNC(=NCC(=O)NC(C)(C)C)NCCCNc1ccc(C(F)(F)F)cn1.I. The Morgan fingerprint density at radius 3 is 2.34 bits per heavy atom. The van der Waals surface area contributed by atoms with Gasteiger partial charge in [0.1, 0.15) is 12.4 Å². The zero-order valence-electron chi connectivity index (χ0n) is 17.1. The van der Waals surface area contributed by atoms with Gasteiger partial charge in [-0.1, -0.05) is 0 Å². The second-order valence-electron chi connectivity index (χ2n) is 7.13. The maximum atomic E-state index is 12.5. The number of hydrogen-bond donors (Lipinski definition) is 4. The van der Waals surface area contributed by atoms with Crippen LogP contribution in [0, 0.1) is 0 Å². The van der Waals surface area contributed by atoms with Crippen molar-refractivity contribution in [2.45, 2.75) is 45.8 Å². The fraction of sp³-hybridized carbons (Fsp3) is 0.611. The first-order valence-corrected chi connectivity index (χ1v) is 9.11. The molecule has 1 amide bonds. The van der Waals surface area contributed by atoms with Crippen molar-refractivity contribution in [3.05, 3.63) is 23.9 Å². The highest BCUT2D eigenvalue weighted by Crippen LogP contribution is 2.28. The van der Waals surface area contributed by atoms with Crippen LogP contribution in [0.4, 0.5) is 19.0 Å². The summed E-state index contributed by atoms with van der Waals surface area (Å²) < 4.78 is 37.5. The maximum absolute atomic E-state index is 12.5.